The third kappa shape index (κ3) is 12.7. The maximum atomic E-state index is 10.7. The molecule has 0 amide bonds. The molecule has 0 saturated heterocycles. The first kappa shape index (κ1) is 20.1. The lowest BCUT2D eigenvalue weighted by molar-refractivity contribution is -0.914. The second-order valence-electron chi connectivity index (χ2n) is 3.69. The quantitative estimate of drug-likeness (QED) is 0.200. The lowest BCUT2D eigenvalue weighted by Crippen LogP contribution is -3.00. The molecule has 0 fully saturated rings. The molecule has 0 aliphatic carbocycles. The highest BCUT2D eigenvalue weighted by Gasteiger charge is 2.20. The molecule has 0 N–H and O–H groups in total. The molecule has 0 aromatic heterocycles. The van der Waals surface area contributed by atoms with Gasteiger partial charge in [0.05, 0.1) is 27.2 Å². The minimum atomic E-state index is -0.370. The molecule has 4 nitrogen and oxygen atoms in total. The van der Waals surface area contributed by atoms with Crippen molar-refractivity contribution in [1.29, 1.82) is 5.26 Å². The number of carbonyl (C=O) groups excluding carboxylic acids is 1. The van der Waals surface area contributed by atoms with Gasteiger partial charge in [-0.15, -0.1) is 0 Å². The number of esters is 1. The van der Waals surface area contributed by atoms with Gasteiger partial charge in [-0.1, -0.05) is 13.2 Å². The second kappa shape index (κ2) is 10.2. The van der Waals surface area contributed by atoms with E-state index < -0.39 is 0 Å². The first-order chi connectivity index (χ1) is 6.79. The highest BCUT2D eigenvalue weighted by atomic mass is 35.5. The largest absolute Gasteiger partial charge is 1.00 e. The van der Waals surface area contributed by atoms with Gasteiger partial charge in [0.2, 0.25) is 6.23 Å². The molecule has 0 bridgehead atoms. The number of hydrogen-bond donors (Lipinski definition) is 0. The number of ether oxygens (including phenoxy) is 1. The summed E-state index contributed by atoms with van der Waals surface area (Å²) in [7, 11) is 5.88. The fourth-order valence-electron chi connectivity index (χ4n) is 0.374. The predicted octanol–water partition coefficient (Wildman–Crippen LogP) is -1.53. The van der Waals surface area contributed by atoms with Crippen LogP contribution in [0.25, 0.3) is 0 Å². The van der Waals surface area contributed by atoms with E-state index in [0.29, 0.717) is 4.48 Å². The van der Waals surface area contributed by atoms with Crippen LogP contribution in [0.1, 0.15) is 6.92 Å². The minimum Gasteiger partial charge on any atom is -1.00 e. The van der Waals surface area contributed by atoms with Crippen molar-refractivity contribution in [2.75, 3.05) is 21.1 Å². The van der Waals surface area contributed by atoms with Crippen molar-refractivity contribution in [3.05, 3.63) is 25.3 Å². The van der Waals surface area contributed by atoms with Crippen LogP contribution in [0.4, 0.5) is 0 Å². The first-order valence-corrected chi connectivity index (χ1v) is 4.44. The summed E-state index contributed by atoms with van der Waals surface area (Å²) in [6, 6.07) is 1.69. The molecule has 92 valence electrons. The van der Waals surface area contributed by atoms with Gasteiger partial charge in [-0.3, -0.25) is 4.48 Å². The van der Waals surface area contributed by atoms with E-state index in [1.807, 2.05) is 28.1 Å². The summed E-state index contributed by atoms with van der Waals surface area (Å²) in [6.07, 6.45) is 2.21. The summed E-state index contributed by atoms with van der Waals surface area (Å²) in [6.45, 7) is 8.28. The van der Waals surface area contributed by atoms with E-state index in [4.69, 9.17) is 10.00 Å². The topological polar surface area (TPSA) is 50.1 Å². The molecule has 0 spiro atoms. The molecule has 16 heavy (non-hydrogen) atoms. The van der Waals surface area contributed by atoms with Crippen LogP contribution in [0.15, 0.2) is 25.3 Å². The van der Waals surface area contributed by atoms with Crippen molar-refractivity contribution < 1.29 is 26.4 Å². The van der Waals surface area contributed by atoms with Gasteiger partial charge in [0.25, 0.3) is 0 Å². The standard InChI is InChI=1S/C8H16NO2.C3H3N.ClH/c1-6-8(10)11-7(2)9(3,4)5;1-2-3-4;/h6-7H,1H2,2-5H3;2H,1H2;1H/q+1;;/p-1. The number of nitrogens with zero attached hydrogens (tertiary/aromatic N) is 2. The van der Waals surface area contributed by atoms with E-state index in [-0.39, 0.29) is 24.6 Å². The van der Waals surface area contributed by atoms with Crippen LogP contribution in [-0.4, -0.2) is 37.8 Å². The maximum absolute atomic E-state index is 10.7. The van der Waals surface area contributed by atoms with Gasteiger partial charge in [0.1, 0.15) is 0 Å². The zero-order valence-corrected chi connectivity index (χ0v) is 11.0. The van der Waals surface area contributed by atoms with Gasteiger partial charge in [-0.25, -0.2) is 4.79 Å². The summed E-state index contributed by atoms with van der Waals surface area (Å²) >= 11 is 0. The fourth-order valence-corrected chi connectivity index (χ4v) is 0.374. The number of carbonyl (C=O) groups is 1. The summed E-state index contributed by atoms with van der Waals surface area (Å²) < 4.78 is 5.58. The summed E-state index contributed by atoms with van der Waals surface area (Å²) in [4.78, 5) is 10.7. The van der Waals surface area contributed by atoms with E-state index in [1.165, 1.54) is 12.2 Å². The van der Waals surface area contributed by atoms with Gasteiger partial charge in [-0.2, -0.15) is 5.26 Å². The molecule has 0 saturated carbocycles. The second-order valence-corrected chi connectivity index (χ2v) is 3.69. The van der Waals surface area contributed by atoms with E-state index in [2.05, 4.69) is 13.2 Å². The van der Waals surface area contributed by atoms with Crippen LogP contribution in [-0.2, 0) is 9.53 Å². The van der Waals surface area contributed by atoms with Gasteiger partial charge in [0, 0.05) is 19.1 Å². The van der Waals surface area contributed by atoms with E-state index in [1.54, 1.807) is 6.07 Å². The third-order valence-corrected chi connectivity index (χ3v) is 1.64. The van der Waals surface area contributed by atoms with Gasteiger partial charge in [-0.05, 0) is 0 Å². The van der Waals surface area contributed by atoms with E-state index >= 15 is 0 Å². The molecule has 5 heteroatoms. The van der Waals surface area contributed by atoms with Crippen molar-refractivity contribution >= 4 is 5.97 Å². The molecular weight excluding hydrogens is 228 g/mol. The molecule has 0 heterocycles. The SMILES string of the molecule is C=CC#N.C=CC(=O)OC(C)[N+](C)(C)C.[Cl-]. The Bertz CT molecular complexity index is 264. The monoisotopic (exact) mass is 246 g/mol. The highest BCUT2D eigenvalue weighted by Crippen LogP contribution is 2.03. The summed E-state index contributed by atoms with van der Waals surface area (Å²) in [5.74, 6) is -0.370. The van der Waals surface area contributed by atoms with Crippen molar-refractivity contribution in [3.8, 4) is 6.07 Å². The molecule has 0 rings (SSSR count). The average Bonchev–Trinajstić information content (AvgIpc) is 2.16. The molecule has 0 aliphatic heterocycles. The minimum absolute atomic E-state index is 0. The number of allylic oxidation sites excluding steroid dienone is 1. The molecular formula is C11H19ClN2O2. The number of quaternary nitrogens is 1. The van der Waals surface area contributed by atoms with E-state index in [9.17, 15) is 4.79 Å². The van der Waals surface area contributed by atoms with Crippen LogP contribution < -0.4 is 12.4 Å². The van der Waals surface area contributed by atoms with Gasteiger partial charge in [0.15, 0.2) is 0 Å². The van der Waals surface area contributed by atoms with Crippen LogP contribution in [0, 0.1) is 11.3 Å². The molecule has 1 atom stereocenters. The van der Waals surface area contributed by atoms with Crippen LogP contribution in [0.2, 0.25) is 0 Å². The molecule has 0 radical (unpaired) electrons. The lowest BCUT2D eigenvalue weighted by atomic mass is 10.5. The molecule has 0 aliphatic rings. The Hall–Kier alpha value is -1.31. The Morgan fingerprint density at radius 1 is 1.44 bits per heavy atom. The summed E-state index contributed by atoms with van der Waals surface area (Å²) in [5.41, 5.74) is 0. The van der Waals surface area contributed by atoms with Crippen LogP contribution >= 0.6 is 0 Å². The Kier molecular flexibility index (Phi) is 12.9. The number of halogens is 1. The zero-order valence-electron chi connectivity index (χ0n) is 10.2. The molecule has 1 unspecified atom stereocenters. The Labute approximate surface area is 104 Å². The Balaban J connectivity index is -0.000000292. The fraction of sp³-hybridized carbons (Fsp3) is 0.455. The maximum Gasteiger partial charge on any atom is 0.334 e. The summed E-state index contributed by atoms with van der Waals surface area (Å²) in [5, 5.41) is 7.51. The van der Waals surface area contributed by atoms with E-state index in [0.717, 1.165) is 0 Å². The molecule has 0 aromatic carbocycles. The normalized spacial score (nSPS) is 10.4. The zero-order chi connectivity index (χ0) is 12.5. The Morgan fingerprint density at radius 3 is 2.00 bits per heavy atom. The highest BCUT2D eigenvalue weighted by molar-refractivity contribution is 5.81. The number of nitriles is 1. The molecule has 0 aromatic rings. The van der Waals surface area contributed by atoms with Gasteiger partial charge >= 0.3 is 5.97 Å². The van der Waals surface area contributed by atoms with Crippen LogP contribution in [0.3, 0.4) is 0 Å². The third-order valence-electron chi connectivity index (χ3n) is 1.64. The average molecular weight is 247 g/mol. The van der Waals surface area contributed by atoms with Crippen molar-refractivity contribution in [3.63, 3.8) is 0 Å². The Morgan fingerprint density at radius 2 is 1.81 bits per heavy atom. The predicted molar refractivity (Wildman–Crippen MR) is 59.6 cm³/mol. The van der Waals surface area contributed by atoms with Crippen molar-refractivity contribution in [2.24, 2.45) is 0 Å². The van der Waals surface area contributed by atoms with Gasteiger partial charge < -0.3 is 17.1 Å². The van der Waals surface area contributed by atoms with Crippen LogP contribution in [0.5, 0.6) is 0 Å². The smallest absolute Gasteiger partial charge is 0.334 e. The van der Waals surface area contributed by atoms with Crippen molar-refractivity contribution in [1.82, 2.24) is 0 Å². The first-order valence-electron chi connectivity index (χ1n) is 4.44. The van der Waals surface area contributed by atoms with Crippen molar-refractivity contribution in [2.45, 2.75) is 13.2 Å². The number of hydrogen-bond acceptors (Lipinski definition) is 3. The number of rotatable bonds is 3. The lowest BCUT2D eigenvalue weighted by Gasteiger charge is -2.29.